The highest BCUT2D eigenvalue weighted by atomic mass is 16.5. The first-order valence-corrected chi connectivity index (χ1v) is 8.22. The van der Waals surface area contributed by atoms with Crippen LogP contribution in [0.25, 0.3) is 10.9 Å². The van der Waals surface area contributed by atoms with Gasteiger partial charge in [-0.05, 0) is 39.8 Å². The van der Waals surface area contributed by atoms with Gasteiger partial charge in [-0.2, -0.15) is 0 Å². The number of amides is 1. The number of para-hydroxylation sites is 1. The van der Waals surface area contributed by atoms with E-state index in [-0.39, 0.29) is 36.7 Å². The van der Waals surface area contributed by atoms with Crippen molar-refractivity contribution in [2.75, 3.05) is 6.61 Å². The van der Waals surface area contributed by atoms with Crippen LogP contribution in [0.1, 0.15) is 27.7 Å². The zero-order chi connectivity index (χ0) is 18.6. The first-order valence-electron chi connectivity index (χ1n) is 8.22. The van der Waals surface area contributed by atoms with Crippen LogP contribution < -0.4 is 5.56 Å². The minimum Gasteiger partial charge on any atom is -0.454 e. The summed E-state index contributed by atoms with van der Waals surface area (Å²) in [5.41, 5.74) is 0.247. The van der Waals surface area contributed by atoms with E-state index in [2.05, 4.69) is 4.98 Å². The van der Waals surface area contributed by atoms with Crippen molar-refractivity contribution < 1.29 is 14.3 Å². The molecular weight excluding hydrogens is 322 g/mol. The highest BCUT2D eigenvalue weighted by Gasteiger charge is 2.21. The predicted molar refractivity (Wildman–Crippen MR) is 94.1 cm³/mol. The number of carbonyl (C=O) groups is 2. The lowest BCUT2D eigenvalue weighted by Gasteiger charge is -2.30. The maximum atomic E-state index is 12.3. The molecule has 1 amide bonds. The molecule has 0 saturated carbocycles. The quantitative estimate of drug-likeness (QED) is 0.743. The first kappa shape index (κ1) is 18.6. The average molecular weight is 345 g/mol. The number of fused-ring (bicyclic) bond motifs is 1. The van der Waals surface area contributed by atoms with Crippen LogP contribution in [0.4, 0.5) is 0 Å². The Bertz CT molecular complexity index is 818. The van der Waals surface area contributed by atoms with Gasteiger partial charge in [-0.15, -0.1) is 0 Å². The van der Waals surface area contributed by atoms with Crippen LogP contribution in [0.15, 0.2) is 35.4 Å². The van der Waals surface area contributed by atoms with Crippen LogP contribution in [-0.4, -0.2) is 45.0 Å². The lowest BCUT2D eigenvalue weighted by molar-refractivity contribution is -0.154. The van der Waals surface area contributed by atoms with Crippen LogP contribution in [0.3, 0.4) is 0 Å². The van der Waals surface area contributed by atoms with Crippen molar-refractivity contribution in [2.24, 2.45) is 0 Å². The van der Waals surface area contributed by atoms with Crippen molar-refractivity contribution in [2.45, 2.75) is 46.3 Å². The zero-order valence-electron chi connectivity index (χ0n) is 14.9. The molecule has 0 fully saturated rings. The predicted octanol–water partition coefficient (Wildman–Crippen LogP) is 1.59. The molecule has 1 aromatic heterocycles. The third-order valence-corrected chi connectivity index (χ3v) is 3.79. The van der Waals surface area contributed by atoms with Crippen LogP contribution in [-0.2, 0) is 20.9 Å². The van der Waals surface area contributed by atoms with Crippen LogP contribution in [0.2, 0.25) is 0 Å². The molecule has 7 heteroatoms. The number of rotatable bonds is 6. The second-order valence-corrected chi connectivity index (χ2v) is 6.34. The molecule has 2 aromatic rings. The molecule has 0 aliphatic rings. The fraction of sp³-hybridized carbons (Fsp3) is 0.444. The van der Waals surface area contributed by atoms with Gasteiger partial charge in [0, 0.05) is 12.1 Å². The van der Waals surface area contributed by atoms with Gasteiger partial charge in [0.25, 0.3) is 11.5 Å². The molecule has 0 spiro atoms. The minimum absolute atomic E-state index is 0.0125. The minimum atomic E-state index is -0.653. The second kappa shape index (κ2) is 7.92. The number of hydrogen-bond acceptors (Lipinski definition) is 5. The number of esters is 1. The molecule has 0 unspecified atom stereocenters. The van der Waals surface area contributed by atoms with E-state index in [9.17, 15) is 14.4 Å². The fourth-order valence-corrected chi connectivity index (χ4v) is 2.79. The average Bonchev–Trinajstić information content (AvgIpc) is 2.55. The van der Waals surface area contributed by atoms with Crippen molar-refractivity contribution in [3.63, 3.8) is 0 Å². The molecule has 0 N–H and O–H groups in total. The Labute approximate surface area is 146 Å². The Hall–Kier alpha value is -2.70. The summed E-state index contributed by atoms with van der Waals surface area (Å²) in [6.45, 7) is 6.98. The van der Waals surface area contributed by atoms with E-state index < -0.39 is 5.97 Å². The summed E-state index contributed by atoms with van der Waals surface area (Å²) in [6, 6.07) is 6.92. The number of hydrogen-bond donors (Lipinski definition) is 0. The van der Waals surface area contributed by atoms with E-state index in [0.717, 1.165) is 0 Å². The van der Waals surface area contributed by atoms with Crippen LogP contribution >= 0.6 is 0 Å². The zero-order valence-corrected chi connectivity index (χ0v) is 14.9. The summed E-state index contributed by atoms with van der Waals surface area (Å²) in [6.07, 6.45) is 1.31. The summed E-state index contributed by atoms with van der Waals surface area (Å²) in [4.78, 5) is 42.3. The summed E-state index contributed by atoms with van der Waals surface area (Å²) in [5, 5.41) is 0.430. The Morgan fingerprint density at radius 2 is 1.80 bits per heavy atom. The maximum Gasteiger partial charge on any atom is 0.326 e. The molecule has 25 heavy (non-hydrogen) atoms. The van der Waals surface area contributed by atoms with Gasteiger partial charge in [0.15, 0.2) is 6.61 Å². The topological polar surface area (TPSA) is 81.5 Å². The molecule has 0 radical (unpaired) electrons. The van der Waals surface area contributed by atoms with E-state index in [0.29, 0.717) is 10.9 Å². The van der Waals surface area contributed by atoms with Gasteiger partial charge in [0.05, 0.1) is 17.2 Å². The van der Waals surface area contributed by atoms with Gasteiger partial charge in [0.1, 0.15) is 6.54 Å². The highest BCUT2D eigenvalue weighted by Crippen LogP contribution is 2.06. The van der Waals surface area contributed by atoms with Crippen molar-refractivity contribution in [3.8, 4) is 0 Å². The molecular formula is C18H23N3O4. The summed E-state index contributed by atoms with van der Waals surface area (Å²) in [7, 11) is 0. The second-order valence-electron chi connectivity index (χ2n) is 6.34. The number of aromatic nitrogens is 2. The van der Waals surface area contributed by atoms with Crippen molar-refractivity contribution in [1.82, 2.24) is 14.5 Å². The van der Waals surface area contributed by atoms with Crippen molar-refractivity contribution >= 4 is 22.8 Å². The molecule has 1 aromatic carbocycles. The third-order valence-electron chi connectivity index (χ3n) is 3.79. The molecule has 2 rings (SSSR count). The first-order chi connectivity index (χ1) is 11.8. The molecule has 1 heterocycles. The molecule has 0 atom stereocenters. The van der Waals surface area contributed by atoms with Crippen LogP contribution in [0.5, 0.6) is 0 Å². The smallest absolute Gasteiger partial charge is 0.326 e. The SMILES string of the molecule is CC(C)N(C(=O)COC(=O)Cn1cnc2ccccc2c1=O)C(C)C. The Morgan fingerprint density at radius 3 is 2.44 bits per heavy atom. The Morgan fingerprint density at radius 1 is 1.16 bits per heavy atom. The number of carbonyl (C=O) groups excluding carboxylic acids is 2. The Balaban J connectivity index is 2.02. The number of ether oxygens (including phenoxy) is 1. The molecule has 7 nitrogen and oxygen atoms in total. The maximum absolute atomic E-state index is 12.3. The fourth-order valence-electron chi connectivity index (χ4n) is 2.79. The molecule has 134 valence electrons. The van der Waals surface area contributed by atoms with E-state index in [1.807, 2.05) is 27.7 Å². The third kappa shape index (κ3) is 4.43. The molecule has 0 aliphatic carbocycles. The highest BCUT2D eigenvalue weighted by molar-refractivity contribution is 5.81. The summed E-state index contributed by atoms with van der Waals surface area (Å²) < 4.78 is 6.22. The molecule has 0 saturated heterocycles. The summed E-state index contributed by atoms with van der Waals surface area (Å²) >= 11 is 0. The van der Waals surface area contributed by atoms with Gasteiger partial charge in [-0.25, -0.2) is 4.98 Å². The summed E-state index contributed by atoms with van der Waals surface area (Å²) in [5.74, 6) is -0.915. The van der Waals surface area contributed by atoms with Gasteiger partial charge in [-0.1, -0.05) is 12.1 Å². The van der Waals surface area contributed by atoms with Crippen LogP contribution in [0, 0.1) is 0 Å². The van der Waals surface area contributed by atoms with Gasteiger partial charge >= 0.3 is 5.97 Å². The number of nitrogens with zero attached hydrogens (tertiary/aromatic N) is 3. The standard InChI is InChI=1S/C18H23N3O4/c1-12(2)21(13(3)4)16(22)10-25-17(23)9-20-11-19-15-8-6-5-7-14(15)18(20)24/h5-8,11-13H,9-10H2,1-4H3. The van der Waals surface area contributed by atoms with E-state index >= 15 is 0 Å². The molecule has 0 aliphatic heterocycles. The largest absolute Gasteiger partial charge is 0.454 e. The van der Waals surface area contributed by atoms with Gasteiger partial charge in [0.2, 0.25) is 0 Å². The lowest BCUT2D eigenvalue weighted by Crippen LogP contribution is -2.44. The normalized spacial score (nSPS) is 11.1. The van der Waals surface area contributed by atoms with Crippen molar-refractivity contribution in [1.29, 1.82) is 0 Å². The Kier molecular flexibility index (Phi) is 5.90. The van der Waals surface area contributed by atoms with Gasteiger partial charge < -0.3 is 9.64 Å². The van der Waals surface area contributed by atoms with E-state index in [4.69, 9.17) is 4.74 Å². The monoisotopic (exact) mass is 345 g/mol. The van der Waals surface area contributed by atoms with Crippen molar-refractivity contribution in [3.05, 3.63) is 40.9 Å². The number of benzene rings is 1. The van der Waals surface area contributed by atoms with E-state index in [1.165, 1.54) is 10.9 Å². The van der Waals surface area contributed by atoms with E-state index in [1.54, 1.807) is 29.2 Å². The van der Waals surface area contributed by atoms with Gasteiger partial charge in [-0.3, -0.25) is 19.0 Å². The lowest BCUT2D eigenvalue weighted by atomic mass is 10.2. The molecule has 0 bridgehead atoms.